The van der Waals surface area contributed by atoms with Gasteiger partial charge in [0.1, 0.15) is 11.7 Å². The Kier molecular flexibility index (Phi) is 3.10. The second-order valence-corrected chi connectivity index (χ2v) is 4.10. The molecule has 2 aromatic rings. The van der Waals surface area contributed by atoms with Gasteiger partial charge in [0.2, 0.25) is 0 Å². The summed E-state index contributed by atoms with van der Waals surface area (Å²) in [6, 6.07) is 3.39. The van der Waals surface area contributed by atoms with E-state index < -0.39 is 12.0 Å². The fourth-order valence-corrected chi connectivity index (χ4v) is 1.63. The van der Waals surface area contributed by atoms with Crippen molar-refractivity contribution in [3.8, 4) is 0 Å². The Hall–Kier alpha value is -1.88. The van der Waals surface area contributed by atoms with Gasteiger partial charge in [-0.1, -0.05) is 6.07 Å². The van der Waals surface area contributed by atoms with Crippen LogP contribution in [0.3, 0.4) is 0 Å². The van der Waals surface area contributed by atoms with E-state index in [4.69, 9.17) is 5.11 Å². The average Bonchev–Trinajstić information content (AvgIpc) is 2.70. The van der Waals surface area contributed by atoms with Gasteiger partial charge in [-0.15, -0.1) is 0 Å². The third-order valence-corrected chi connectivity index (χ3v) is 2.69. The zero-order valence-electron chi connectivity index (χ0n) is 9.84. The van der Waals surface area contributed by atoms with Crippen molar-refractivity contribution < 1.29 is 9.90 Å². The lowest BCUT2D eigenvalue weighted by Gasteiger charge is -2.06. The number of aromatic nitrogens is 2. The minimum absolute atomic E-state index is 0.453. The first kappa shape index (κ1) is 11.6. The third-order valence-electron chi connectivity index (χ3n) is 2.69. The van der Waals surface area contributed by atoms with Gasteiger partial charge in [0, 0.05) is 18.9 Å². The van der Waals surface area contributed by atoms with Crippen LogP contribution in [0.4, 0.5) is 0 Å². The predicted octanol–water partition coefficient (Wildman–Crippen LogP) is 1.21. The largest absolute Gasteiger partial charge is 0.480 e. The molecular weight excluding hydrogens is 218 g/mol. The van der Waals surface area contributed by atoms with Crippen LogP contribution in [0, 0.1) is 6.92 Å². The van der Waals surface area contributed by atoms with E-state index in [0.29, 0.717) is 6.54 Å². The van der Waals surface area contributed by atoms with Crippen LogP contribution in [0.15, 0.2) is 24.5 Å². The summed E-state index contributed by atoms with van der Waals surface area (Å²) in [6.45, 7) is 4.07. The molecule has 0 amide bonds. The van der Waals surface area contributed by atoms with Crippen molar-refractivity contribution in [3.63, 3.8) is 0 Å². The van der Waals surface area contributed by atoms with Crippen LogP contribution in [0.1, 0.15) is 18.2 Å². The predicted molar refractivity (Wildman–Crippen MR) is 63.9 cm³/mol. The second kappa shape index (κ2) is 4.55. The van der Waals surface area contributed by atoms with Crippen LogP contribution < -0.4 is 5.32 Å². The van der Waals surface area contributed by atoms with Gasteiger partial charge >= 0.3 is 5.97 Å². The molecule has 2 heterocycles. The van der Waals surface area contributed by atoms with Crippen molar-refractivity contribution in [3.05, 3.63) is 35.8 Å². The van der Waals surface area contributed by atoms with Crippen molar-refractivity contribution in [2.24, 2.45) is 0 Å². The molecule has 5 heteroatoms. The molecule has 90 valence electrons. The van der Waals surface area contributed by atoms with Crippen molar-refractivity contribution in [2.45, 2.75) is 26.4 Å². The summed E-state index contributed by atoms with van der Waals surface area (Å²) in [5.74, 6) is -0.857. The highest BCUT2D eigenvalue weighted by molar-refractivity contribution is 5.72. The minimum Gasteiger partial charge on any atom is -0.480 e. The molecule has 0 aromatic carbocycles. The van der Waals surface area contributed by atoms with E-state index in [1.807, 2.05) is 35.9 Å². The van der Waals surface area contributed by atoms with Crippen LogP contribution >= 0.6 is 0 Å². The fraction of sp³-hybridized carbons (Fsp3) is 0.333. The Bertz CT molecular complexity index is 548. The quantitative estimate of drug-likeness (QED) is 0.833. The minimum atomic E-state index is -0.857. The van der Waals surface area contributed by atoms with Crippen LogP contribution in [-0.4, -0.2) is 26.5 Å². The van der Waals surface area contributed by atoms with Crippen molar-refractivity contribution in [2.75, 3.05) is 0 Å². The monoisotopic (exact) mass is 233 g/mol. The van der Waals surface area contributed by atoms with E-state index in [2.05, 4.69) is 10.3 Å². The number of rotatable bonds is 4. The van der Waals surface area contributed by atoms with E-state index in [9.17, 15) is 4.79 Å². The SMILES string of the molecule is Cc1cccn2cc(CN[C@H](C)C(=O)O)nc12. The van der Waals surface area contributed by atoms with E-state index in [-0.39, 0.29) is 0 Å². The van der Waals surface area contributed by atoms with Gasteiger partial charge in [-0.05, 0) is 25.5 Å². The Labute approximate surface area is 99.1 Å². The van der Waals surface area contributed by atoms with Crippen molar-refractivity contribution in [1.29, 1.82) is 0 Å². The summed E-state index contributed by atoms with van der Waals surface area (Å²) in [5.41, 5.74) is 2.85. The molecule has 0 radical (unpaired) electrons. The van der Waals surface area contributed by atoms with Gasteiger partial charge in [-0.2, -0.15) is 0 Å². The molecule has 0 saturated carbocycles. The number of hydrogen-bond acceptors (Lipinski definition) is 3. The molecular formula is C12H15N3O2. The number of imidazole rings is 1. The number of carboxylic acid groups (broad SMARTS) is 1. The molecule has 2 aromatic heterocycles. The Morgan fingerprint density at radius 3 is 3.06 bits per heavy atom. The maximum Gasteiger partial charge on any atom is 0.320 e. The average molecular weight is 233 g/mol. The topological polar surface area (TPSA) is 66.6 Å². The lowest BCUT2D eigenvalue weighted by atomic mass is 10.3. The van der Waals surface area contributed by atoms with E-state index in [1.54, 1.807) is 6.92 Å². The number of nitrogens with one attached hydrogen (secondary N) is 1. The van der Waals surface area contributed by atoms with Gasteiger partial charge < -0.3 is 9.51 Å². The lowest BCUT2D eigenvalue weighted by Crippen LogP contribution is -2.33. The number of aliphatic carboxylic acids is 1. The van der Waals surface area contributed by atoms with Gasteiger partial charge in [-0.3, -0.25) is 10.1 Å². The standard InChI is InChI=1S/C12H15N3O2/c1-8-4-3-5-15-7-10(14-11(8)15)6-13-9(2)12(16)17/h3-5,7,9,13H,6H2,1-2H3,(H,16,17)/t9-/m1/s1. The third kappa shape index (κ3) is 2.45. The molecule has 0 bridgehead atoms. The summed E-state index contributed by atoms with van der Waals surface area (Å²) < 4.78 is 1.94. The zero-order valence-corrected chi connectivity index (χ0v) is 9.84. The maximum absolute atomic E-state index is 10.7. The van der Waals surface area contributed by atoms with Gasteiger partial charge in [0.25, 0.3) is 0 Å². The number of fused-ring (bicyclic) bond motifs is 1. The summed E-state index contributed by atoms with van der Waals surface area (Å²) >= 11 is 0. The number of pyridine rings is 1. The first-order valence-corrected chi connectivity index (χ1v) is 5.47. The maximum atomic E-state index is 10.7. The molecule has 0 aliphatic rings. The first-order valence-electron chi connectivity index (χ1n) is 5.47. The molecule has 17 heavy (non-hydrogen) atoms. The van der Waals surface area contributed by atoms with Crippen molar-refractivity contribution in [1.82, 2.24) is 14.7 Å². The summed E-state index contributed by atoms with van der Waals surface area (Å²) in [5, 5.41) is 11.7. The molecule has 1 atom stereocenters. The second-order valence-electron chi connectivity index (χ2n) is 4.10. The van der Waals surface area contributed by atoms with E-state index in [1.165, 1.54) is 0 Å². The Morgan fingerprint density at radius 1 is 1.65 bits per heavy atom. The molecule has 2 N–H and O–H groups in total. The Morgan fingerprint density at radius 2 is 2.41 bits per heavy atom. The van der Waals surface area contributed by atoms with E-state index in [0.717, 1.165) is 16.9 Å². The van der Waals surface area contributed by atoms with Crippen molar-refractivity contribution >= 4 is 11.6 Å². The van der Waals surface area contributed by atoms with Gasteiger partial charge in [0.05, 0.1) is 5.69 Å². The van der Waals surface area contributed by atoms with Crippen LogP contribution in [0.5, 0.6) is 0 Å². The number of aryl methyl sites for hydroxylation is 1. The highest BCUT2D eigenvalue weighted by Crippen LogP contribution is 2.09. The summed E-state index contributed by atoms with van der Waals surface area (Å²) in [4.78, 5) is 15.1. The van der Waals surface area contributed by atoms with E-state index >= 15 is 0 Å². The molecule has 0 saturated heterocycles. The lowest BCUT2D eigenvalue weighted by molar-refractivity contribution is -0.139. The molecule has 2 rings (SSSR count). The molecule has 0 spiro atoms. The first-order chi connectivity index (χ1) is 8.08. The number of carboxylic acids is 1. The summed E-state index contributed by atoms with van der Waals surface area (Å²) in [7, 11) is 0. The molecule has 0 fully saturated rings. The molecule has 0 unspecified atom stereocenters. The summed E-state index contributed by atoms with van der Waals surface area (Å²) in [6.07, 6.45) is 3.84. The van der Waals surface area contributed by atoms with Gasteiger partial charge in [0.15, 0.2) is 0 Å². The number of nitrogens with zero attached hydrogens (tertiary/aromatic N) is 2. The van der Waals surface area contributed by atoms with Crippen LogP contribution in [0.2, 0.25) is 0 Å². The highest BCUT2D eigenvalue weighted by atomic mass is 16.4. The van der Waals surface area contributed by atoms with Crippen LogP contribution in [-0.2, 0) is 11.3 Å². The molecule has 0 aliphatic carbocycles. The zero-order chi connectivity index (χ0) is 12.4. The molecule has 5 nitrogen and oxygen atoms in total. The fourth-order valence-electron chi connectivity index (χ4n) is 1.63. The number of hydrogen-bond donors (Lipinski definition) is 2. The van der Waals surface area contributed by atoms with Crippen LogP contribution in [0.25, 0.3) is 5.65 Å². The molecule has 0 aliphatic heterocycles. The highest BCUT2D eigenvalue weighted by Gasteiger charge is 2.10. The number of carbonyl (C=O) groups is 1. The smallest absolute Gasteiger partial charge is 0.320 e. The Balaban J connectivity index is 2.15. The normalized spacial score (nSPS) is 12.8. The van der Waals surface area contributed by atoms with Gasteiger partial charge in [-0.25, -0.2) is 4.98 Å².